The Morgan fingerprint density at radius 1 is 1.30 bits per heavy atom. The van der Waals surface area contributed by atoms with Gasteiger partial charge in [0.25, 0.3) is 0 Å². The Hall–Kier alpha value is -1.28. The molecule has 0 atom stereocenters. The van der Waals surface area contributed by atoms with Crippen LogP contribution in [0.5, 0.6) is 11.5 Å². The minimum atomic E-state index is 0.593. The molecule has 0 unspecified atom stereocenters. The van der Waals surface area contributed by atoms with E-state index in [1.165, 1.54) is 0 Å². The quantitative estimate of drug-likeness (QED) is 0.784. The molecule has 20 heavy (non-hydrogen) atoms. The van der Waals surface area contributed by atoms with Crippen LogP contribution in [0.4, 0.5) is 0 Å². The van der Waals surface area contributed by atoms with Crippen LogP contribution in [0.3, 0.4) is 0 Å². The van der Waals surface area contributed by atoms with Crippen molar-refractivity contribution in [2.45, 2.75) is 24.4 Å². The van der Waals surface area contributed by atoms with Crippen LogP contribution in [0.15, 0.2) is 21.8 Å². The minimum Gasteiger partial charge on any atom is -0.486 e. The van der Waals surface area contributed by atoms with Crippen molar-refractivity contribution in [1.82, 2.24) is 20.2 Å². The number of thioether (sulfide) groups is 1. The lowest BCUT2D eigenvalue weighted by atomic mass is 10.2. The van der Waals surface area contributed by atoms with Gasteiger partial charge in [0, 0.05) is 16.8 Å². The lowest BCUT2D eigenvalue weighted by molar-refractivity contribution is 0.171. The third kappa shape index (κ3) is 2.76. The maximum atomic E-state index is 5.60. The van der Waals surface area contributed by atoms with Gasteiger partial charge in [0.2, 0.25) is 5.16 Å². The van der Waals surface area contributed by atoms with Crippen LogP contribution >= 0.6 is 27.7 Å². The second kappa shape index (κ2) is 6.01. The predicted octanol–water partition coefficient (Wildman–Crippen LogP) is 2.52. The molecule has 1 aromatic heterocycles. The molecule has 0 aliphatic carbocycles. The first-order valence-electron chi connectivity index (χ1n) is 6.25. The van der Waals surface area contributed by atoms with E-state index < -0.39 is 0 Å². The van der Waals surface area contributed by atoms with Crippen molar-refractivity contribution in [2.75, 3.05) is 13.2 Å². The van der Waals surface area contributed by atoms with Crippen molar-refractivity contribution in [3.63, 3.8) is 0 Å². The molecule has 0 saturated heterocycles. The fourth-order valence-electron chi connectivity index (χ4n) is 1.86. The Morgan fingerprint density at radius 3 is 2.80 bits per heavy atom. The zero-order valence-electron chi connectivity index (χ0n) is 10.9. The summed E-state index contributed by atoms with van der Waals surface area (Å²) < 4.78 is 13.9. The first-order chi connectivity index (χ1) is 9.78. The van der Waals surface area contributed by atoms with Crippen molar-refractivity contribution >= 4 is 27.7 Å². The monoisotopic (exact) mass is 356 g/mol. The number of aryl methyl sites for hydroxylation is 1. The number of hydrogen-bond donors (Lipinski definition) is 0. The van der Waals surface area contributed by atoms with E-state index in [9.17, 15) is 0 Å². The van der Waals surface area contributed by atoms with Gasteiger partial charge in [0.05, 0.1) is 0 Å². The smallest absolute Gasteiger partial charge is 0.209 e. The molecule has 2 aromatic rings. The maximum absolute atomic E-state index is 5.60. The van der Waals surface area contributed by atoms with E-state index in [1.807, 2.05) is 19.1 Å². The molecule has 0 bridgehead atoms. The van der Waals surface area contributed by atoms with Crippen molar-refractivity contribution in [2.24, 2.45) is 0 Å². The van der Waals surface area contributed by atoms with Gasteiger partial charge in [0.15, 0.2) is 11.5 Å². The van der Waals surface area contributed by atoms with E-state index in [1.54, 1.807) is 16.4 Å². The van der Waals surface area contributed by atoms with E-state index in [4.69, 9.17) is 9.47 Å². The molecular formula is C12H13BrN4O2S. The molecule has 0 saturated carbocycles. The fraction of sp³-hybridized carbons (Fsp3) is 0.417. The molecule has 1 aliphatic rings. The lowest BCUT2D eigenvalue weighted by Crippen LogP contribution is -2.15. The van der Waals surface area contributed by atoms with Gasteiger partial charge in [0.1, 0.15) is 13.2 Å². The van der Waals surface area contributed by atoms with Crippen molar-refractivity contribution < 1.29 is 9.47 Å². The molecule has 0 spiro atoms. The number of ether oxygens (including phenoxy) is 2. The molecule has 3 rings (SSSR count). The Balaban J connectivity index is 1.77. The molecule has 1 aromatic carbocycles. The topological polar surface area (TPSA) is 62.1 Å². The van der Waals surface area contributed by atoms with Gasteiger partial charge in [-0.15, -0.1) is 5.10 Å². The summed E-state index contributed by atoms with van der Waals surface area (Å²) in [5.74, 6) is 2.35. The summed E-state index contributed by atoms with van der Waals surface area (Å²) in [7, 11) is 0. The first kappa shape index (κ1) is 13.7. The molecular weight excluding hydrogens is 344 g/mol. The van der Waals surface area contributed by atoms with Crippen LogP contribution in [0.1, 0.15) is 12.5 Å². The maximum Gasteiger partial charge on any atom is 0.209 e. The highest BCUT2D eigenvalue weighted by atomic mass is 79.9. The number of rotatable bonds is 4. The average molecular weight is 357 g/mol. The highest BCUT2D eigenvalue weighted by Gasteiger charge is 2.15. The average Bonchev–Trinajstić information content (AvgIpc) is 2.92. The Morgan fingerprint density at radius 2 is 2.05 bits per heavy atom. The summed E-state index contributed by atoms with van der Waals surface area (Å²) in [5.41, 5.74) is 1.13. The fourth-order valence-corrected chi connectivity index (χ4v) is 3.44. The van der Waals surface area contributed by atoms with E-state index >= 15 is 0 Å². The van der Waals surface area contributed by atoms with Gasteiger partial charge in [-0.1, -0.05) is 27.7 Å². The summed E-state index contributed by atoms with van der Waals surface area (Å²) in [6.45, 7) is 3.96. The van der Waals surface area contributed by atoms with Crippen LogP contribution < -0.4 is 9.47 Å². The minimum absolute atomic E-state index is 0.593. The van der Waals surface area contributed by atoms with Crippen LogP contribution in [-0.2, 0) is 12.3 Å². The molecule has 8 heteroatoms. The molecule has 6 nitrogen and oxygen atoms in total. The zero-order chi connectivity index (χ0) is 13.9. The van der Waals surface area contributed by atoms with E-state index in [0.29, 0.717) is 13.2 Å². The second-order valence-electron chi connectivity index (χ2n) is 4.15. The third-order valence-electron chi connectivity index (χ3n) is 2.87. The highest BCUT2D eigenvalue weighted by Crippen LogP contribution is 2.37. The van der Waals surface area contributed by atoms with Gasteiger partial charge in [-0.25, -0.2) is 4.68 Å². The van der Waals surface area contributed by atoms with E-state index in [-0.39, 0.29) is 0 Å². The number of benzene rings is 1. The van der Waals surface area contributed by atoms with Crippen LogP contribution in [0.2, 0.25) is 0 Å². The molecule has 2 heterocycles. The normalized spacial score (nSPS) is 13.5. The van der Waals surface area contributed by atoms with Crippen LogP contribution in [0, 0.1) is 0 Å². The standard InChI is InChI=1S/C12H13BrN4O2S/c1-2-17-12(14-15-16-17)20-7-8-5-10-11(6-9(8)13)19-4-3-18-10/h5-6H,2-4,7H2,1H3. The van der Waals surface area contributed by atoms with Gasteiger partial charge in [-0.05, 0) is 35.0 Å². The summed E-state index contributed by atoms with van der Waals surface area (Å²) in [6, 6.07) is 3.96. The van der Waals surface area contributed by atoms with Gasteiger partial charge >= 0.3 is 0 Å². The zero-order valence-corrected chi connectivity index (χ0v) is 13.3. The van der Waals surface area contributed by atoms with Crippen LogP contribution in [-0.4, -0.2) is 33.4 Å². The summed E-state index contributed by atoms with van der Waals surface area (Å²) in [6.07, 6.45) is 0. The molecule has 0 amide bonds. The van der Waals surface area contributed by atoms with Gasteiger partial charge < -0.3 is 9.47 Å². The number of hydrogen-bond acceptors (Lipinski definition) is 6. The van der Waals surface area contributed by atoms with Crippen molar-refractivity contribution in [3.8, 4) is 11.5 Å². The second-order valence-corrected chi connectivity index (χ2v) is 5.95. The number of nitrogens with zero attached hydrogens (tertiary/aromatic N) is 4. The SMILES string of the molecule is CCn1nnnc1SCc1cc2c(cc1Br)OCCO2. The number of tetrazole rings is 1. The number of halogens is 1. The van der Waals surface area contributed by atoms with Gasteiger partial charge in [-0.2, -0.15) is 0 Å². The lowest BCUT2D eigenvalue weighted by Gasteiger charge is -2.19. The molecule has 0 radical (unpaired) electrons. The van der Waals surface area contributed by atoms with Gasteiger partial charge in [-0.3, -0.25) is 0 Å². The van der Waals surface area contributed by atoms with Crippen LogP contribution in [0.25, 0.3) is 0 Å². The van der Waals surface area contributed by atoms with Crippen molar-refractivity contribution in [3.05, 3.63) is 22.2 Å². The summed E-state index contributed by atoms with van der Waals surface area (Å²) in [5, 5.41) is 12.4. The predicted molar refractivity (Wildman–Crippen MR) is 78.2 cm³/mol. The molecule has 1 aliphatic heterocycles. The number of fused-ring (bicyclic) bond motifs is 1. The Kier molecular flexibility index (Phi) is 4.11. The summed E-state index contributed by atoms with van der Waals surface area (Å²) in [4.78, 5) is 0. The highest BCUT2D eigenvalue weighted by molar-refractivity contribution is 9.10. The molecule has 0 N–H and O–H groups in total. The molecule has 106 valence electrons. The Bertz CT molecular complexity index is 619. The van der Waals surface area contributed by atoms with Crippen molar-refractivity contribution in [1.29, 1.82) is 0 Å². The summed E-state index contributed by atoms with van der Waals surface area (Å²) >= 11 is 5.16. The number of aromatic nitrogens is 4. The first-order valence-corrected chi connectivity index (χ1v) is 8.02. The third-order valence-corrected chi connectivity index (χ3v) is 4.61. The largest absolute Gasteiger partial charge is 0.486 e. The molecule has 0 fully saturated rings. The van der Waals surface area contributed by atoms with E-state index in [0.717, 1.165) is 39.0 Å². The van der Waals surface area contributed by atoms with E-state index in [2.05, 4.69) is 31.5 Å². The Labute approximate surface area is 129 Å².